The second kappa shape index (κ2) is 10.4. The summed E-state index contributed by atoms with van der Waals surface area (Å²) in [4.78, 5) is 18.5. The molecule has 5 nitrogen and oxygen atoms in total. The van der Waals surface area contributed by atoms with E-state index in [4.69, 9.17) is 10.2 Å². The first-order valence-corrected chi connectivity index (χ1v) is 3.33. The highest BCUT2D eigenvalue weighted by Crippen LogP contribution is 1.84. The van der Waals surface area contributed by atoms with Crippen LogP contribution >= 0.6 is 0 Å². The molecule has 0 radical (unpaired) electrons. The van der Waals surface area contributed by atoms with Crippen LogP contribution in [0.5, 0.6) is 0 Å². The second-order valence-corrected chi connectivity index (χ2v) is 1.70. The molecule has 0 amide bonds. The number of hydrogen-bond acceptors (Lipinski definition) is 3. The van der Waals surface area contributed by atoms with Gasteiger partial charge in [0.1, 0.15) is 0 Å². The molecule has 1 aliphatic heterocycles. The van der Waals surface area contributed by atoms with Crippen molar-refractivity contribution in [2.45, 2.75) is 0 Å². The van der Waals surface area contributed by atoms with Gasteiger partial charge in [0.2, 0.25) is 0 Å². The van der Waals surface area contributed by atoms with Crippen molar-refractivity contribution < 1.29 is 24.5 Å². The molecule has 0 spiro atoms. The standard InChI is InChI=1S/2C3H4O2.C2H4O/c2*1-2-3(4)5;1-2-3-1/h2*2H,1H2,(H,4,5);1-2H2. The Bertz CT molecular complexity index is 162. The third-order valence-electron chi connectivity index (χ3n) is 0.553. The van der Waals surface area contributed by atoms with E-state index in [2.05, 4.69) is 17.9 Å². The number of rotatable bonds is 2. The Kier molecular flexibility index (Phi) is 11.1. The lowest BCUT2D eigenvalue weighted by atomic mass is 10.7. The van der Waals surface area contributed by atoms with Crippen LogP contribution in [0.3, 0.4) is 0 Å². The molecule has 0 saturated carbocycles. The van der Waals surface area contributed by atoms with Crippen molar-refractivity contribution in [3.63, 3.8) is 0 Å². The molecule has 0 aromatic heterocycles. The normalized spacial score (nSPS) is 10.5. The van der Waals surface area contributed by atoms with E-state index < -0.39 is 11.9 Å². The summed E-state index contributed by atoms with van der Waals surface area (Å²) in [6.07, 6.45) is 1.67. The molecule has 1 saturated heterocycles. The summed E-state index contributed by atoms with van der Waals surface area (Å²) in [6.45, 7) is 7.92. The van der Waals surface area contributed by atoms with Gasteiger partial charge < -0.3 is 14.9 Å². The average Bonchev–Trinajstić information content (AvgIpc) is 2.91. The van der Waals surface area contributed by atoms with Gasteiger partial charge in [-0.15, -0.1) is 0 Å². The fraction of sp³-hybridized carbons (Fsp3) is 0.250. The molecule has 2 N–H and O–H groups in total. The van der Waals surface area contributed by atoms with Gasteiger partial charge in [0.25, 0.3) is 0 Å². The Labute approximate surface area is 75.9 Å². The first-order chi connectivity index (χ1) is 6.04. The highest BCUT2D eigenvalue weighted by atomic mass is 16.6. The van der Waals surface area contributed by atoms with Gasteiger partial charge in [-0.05, 0) is 0 Å². The van der Waals surface area contributed by atoms with Crippen LogP contribution in [-0.4, -0.2) is 35.4 Å². The molecule has 1 aliphatic rings. The summed E-state index contributed by atoms with van der Waals surface area (Å²) >= 11 is 0. The predicted molar refractivity (Wildman–Crippen MR) is 46.5 cm³/mol. The summed E-state index contributed by atoms with van der Waals surface area (Å²) < 4.78 is 4.50. The van der Waals surface area contributed by atoms with Crippen LogP contribution in [0.2, 0.25) is 0 Å². The molecular formula is C8H12O5. The minimum atomic E-state index is -0.981. The van der Waals surface area contributed by atoms with E-state index >= 15 is 0 Å². The monoisotopic (exact) mass is 188 g/mol. The largest absolute Gasteiger partial charge is 0.478 e. The Morgan fingerprint density at radius 2 is 1.23 bits per heavy atom. The lowest BCUT2D eigenvalue weighted by Gasteiger charge is -1.64. The minimum Gasteiger partial charge on any atom is -0.478 e. The minimum absolute atomic E-state index is 0.833. The van der Waals surface area contributed by atoms with E-state index in [1.165, 1.54) is 0 Å². The number of epoxide rings is 1. The lowest BCUT2D eigenvalue weighted by Crippen LogP contribution is -1.82. The number of carboxylic acid groups (broad SMARTS) is 2. The van der Waals surface area contributed by atoms with E-state index in [1.807, 2.05) is 0 Å². The van der Waals surface area contributed by atoms with Crippen LogP contribution in [-0.2, 0) is 14.3 Å². The van der Waals surface area contributed by atoms with E-state index in [1.54, 1.807) is 0 Å². The summed E-state index contributed by atoms with van der Waals surface area (Å²) in [6, 6.07) is 0. The van der Waals surface area contributed by atoms with Gasteiger partial charge in [0.15, 0.2) is 0 Å². The molecule has 13 heavy (non-hydrogen) atoms. The average molecular weight is 188 g/mol. The number of aliphatic carboxylic acids is 2. The van der Waals surface area contributed by atoms with Crippen molar-refractivity contribution in [3.05, 3.63) is 25.3 Å². The zero-order valence-electron chi connectivity index (χ0n) is 7.10. The van der Waals surface area contributed by atoms with Gasteiger partial charge in [-0.1, -0.05) is 13.2 Å². The van der Waals surface area contributed by atoms with Crippen LogP contribution in [0.4, 0.5) is 0 Å². The highest BCUT2D eigenvalue weighted by molar-refractivity contribution is 5.79. The van der Waals surface area contributed by atoms with E-state index in [9.17, 15) is 9.59 Å². The Balaban J connectivity index is 0. The number of hydrogen-bond donors (Lipinski definition) is 2. The van der Waals surface area contributed by atoms with Crippen molar-refractivity contribution in [2.24, 2.45) is 0 Å². The number of carbonyl (C=O) groups is 2. The molecule has 0 aliphatic carbocycles. The lowest BCUT2D eigenvalue weighted by molar-refractivity contribution is -0.132. The maximum Gasteiger partial charge on any atom is 0.327 e. The smallest absolute Gasteiger partial charge is 0.327 e. The van der Waals surface area contributed by atoms with Gasteiger partial charge in [0, 0.05) is 12.2 Å². The number of carboxylic acids is 2. The Hall–Kier alpha value is -1.62. The molecule has 0 bridgehead atoms. The fourth-order valence-electron chi connectivity index (χ4n) is 0. The van der Waals surface area contributed by atoms with Crippen molar-refractivity contribution in [3.8, 4) is 0 Å². The quantitative estimate of drug-likeness (QED) is 0.487. The SMILES string of the molecule is C1CO1.C=CC(=O)O.C=CC(=O)O. The van der Waals surface area contributed by atoms with Crippen LogP contribution in [0.15, 0.2) is 25.3 Å². The molecule has 5 heteroatoms. The molecule has 1 heterocycles. The Morgan fingerprint density at radius 1 is 1.08 bits per heavy atom. The van der Waals surface area contributed by atoms with Gasteiger partial charge in [0.05, 0.1) is 13.2 Å². The van der Waals surface area contributed by atoms with E-state index in [0.717, 1.165) is 25.4 Å². The number of ether oxygens (including phenoxy) is 1. The third-order valence-corrected chi connectivity index (χ3v) is 0.553. The van der Waals surface area contributed by atoms with Crippen molar-refractivity contribution in [1.29, 1.82) is 0 Å². The van der Waals surface area contributed by atoms with Crippen LogP contribution in [0.25, 0.3) is 0 Å². The second-order valence-electron chi connectivity index (χ2n) is 1.70. The van der Waals surface area contributed by atoms with Crippen LogP contribution in [0.1, 0.15) is 0 Å². The van der Waals surface area contributed by atoms with Gasteiger partial charge >= 0.3 is 11.9 Å². The third kappa shape index (κ3) is 63.8. The molecule has 1 rings (SSSR count). The summed E-state index contributed by atoms with van der Waals surface area (Å²) in [5.41, 5.74) is 0. The molecule has 0 unspecified atom stereocenters. The summed E-state index contributed by atoms with van der Waals surface area (Å²) in [5.74, 6) is -1.96. The first-order valence-electron chi connectivity index (χ1n) is 3.33. The van der Waals surface area contributed by atoms with Crippen LogP contribution < -0.4 is 0 Å². The molecule has 0 aromatic rings. The maximum absolute atomic E-state index is 9.25. The van der Waals surface area contributed by atoms with Gasteiger partial charge in [-0.2, -0.15) is 0 Å². The highest BCUT2D eigenvalue weighted by Gasteiger charge is 1.94. The summed E-state index contributed by atoms with van der Waals surface area (Å²) in [7, 11) is 0. The molecule has 0 atom stereocenters. The maximum atomic E-state index is 9.25. The first kappa shape index (κ1) is 13.9. The molecule has 0 aromatic carbocycles. The zero-order valence-corrected chi connectivity index (χ0v) is 7.10. The molecular weight excluding hydrogens is 176 g/mol. The molecule has 74 valence electrons. The topological polar surface area (TPSA) is 87.1 Å². The fourth-order valence-corrected chi connectivity index (χ4v) is 0. The van der Waals surface area contributed by atoms with Gasteiger partial charge in [-0.25, -0.2) is 9.59 Å². The molecule has 1 fully saturated rings. The van der Waals surface area contributed by atoms with E-state index in [0.29, 0.717) is 0 Å². The summed E-state index contributed by atoms with van der Waals surface area (Å²) in [5, 5.41) is 15.2. The van der Waals surface area contributed by atoms with Gasteiger partial charge in [-0.3, -0.25) is 0 Å². The Morgan fingerprint density at radius 3 is 1.23 bits per heavy atom. The van der Waals surface area contributed by atoms with Crippen molar-refractivity contribution >= 4 is 11.9 Å². The van der Waals surface area contributed by atoms with Crippen LogP contribution in [0, 0.1) is 0 Å². The van der Waals surface area contributed by atoms with Crippen molar-refractivity contribution in [2.75, 3.05) is 13.2 Å². The van der Waals surface area contributed by atoms with E-state index in [-0.39, 0.29) is 0 Å². The van der Waals surface area contributed by atoms with Crippen molar-refractivity contribution in [1.82, 2.24) is 0 Å². The predicted octanol–water partition coefficient (Wildman–Crippen LogP) is 0.531. The zero-order chi connectivity index (χ0) is 10.7.